The smallest absolute Gasteiger partial charge is 0.252 e. The van der Waals surface area contributed by atoms with Crippen molar-refractivity contribution < 1.29 is 4.79 Å². The predicted molar refractivity (Wildman–Crippen MR) is 70.8 cm³/mol. The SMILES string of the molecule is Cc1cn2cc(C(=O)NCCN(C)C)ccc2n1. The molecule has 0 aliphatic rings. The highest BCUT2D eigenvalue weighted by Crippen LogP contribution is 2.07. The highest BCUT2D eigenvalue weighted by atomic mass is 16.1. The van der Waals surface area contributed by atoms with Crippen molar-refractivity contribution >= 4 is 11.6 Å². The number of carbonyl (C=O) groups is 1. The van der Waals surface area contributed by atoms with E-state index in [0.29, 0.717) is 12.1 Å². The Hall–Kier alpha value is -1.88. The maximum absolute atomic E-state index is 11.9. The lowest BCUT2D eigenvalue weighted by atomic mass is 10.2. The molecule has 0 spiro atoms. The lowest BCUT2D eigenvalue weighted by Gasteiger charge is -2.10. The van der Waals surface area contributed by atoms with E-state index in [1.165, 1.54) is 0 Å². The van der Waals surface area contributed by atoms with Gasteiger partial charge in [-0.05, 0) is 33.2 Å². The van der Waals surface area contributed by atoms with Gasteiger partial charge in [-0.2, -0.15) is 0 Å². The summed E-state index contributed by atoms with van der Waals surface area (Å²) in [7, 11) is 3.96. The molecule has 0 saturated heterocycles. The highest BCUT2D eigenvalue weighted by molar-refractivity contribution is 5.94. The summed E-state index contributed by atoms with van der Waals surface area (Å²) < 4.78 is 1.87. The Labute approximate surface area is 106 Å². The Bertz CT molecular complexity index is 559. The van der Waals surface area contributed by atoms with E-state index >= 15 is 0 Å². The minimum Gasteiger partial charge on any atom is -0.351 e. The van der Waals surface area contributed by atoms with E-state index in [-0.39, 0.29) is 5.91 Å². The van der Waals surface area contributed by atoms with Crippen LogP contribution in [0.25, 0.3) is 5.65 Å². The first-order valence-corrected chi connectivity index (χ1v) is 5.94. The van der Waals surface area contributed by atoms with Crippen LogP contribution in [0.2, 0.25) is 0 Å². The normalized spacial score (nSPS) is 11.1. The van der Waals surface area contributed by atoms with E-state index < -0.39 is 0 Å². The van der Waals surface area contributed by atoms with Crippen LogP contribution in [0.1, 0.15) is 16.1 Å². The number of carbonyl (C=O) groups excluding carboxylic acids is 1. The van der Waals surface area contributed by atoms with E-state index in [1.54, 1.807) is 12.3 Å². The van der Waals surface area contributed by atoms with E-state index in [0.717, 1.165) is 17.9 Å². The van der Waals surface area contributed by atoms with Gasteiger partial charge in [0.1, 0.15) is 5.65 Å². The second-order valence-corrected chi connectivity index (χ2v) is 4.62. The number of hydrogen-bond donors (Lipinski definition) is 1. The molecular formula is C13H18N4O. The summed E-state index contributed by atoms with van der Waals surface area (Å²) >= 11 is 0. The topological polar surface area (TPSA) is 49.6 Å². The number of rotatable bonds is 4. The van der Waals surface area contributed by atoms with Crippen molar-refractivity contribution in [3.8, 4) is 0 Å². The molecule has 5 nitrogen and oxygen atoms in total. The van der Waals surface area contributed by atoms with Gasteiger partial charge in [0.2, 0.25) is 0 Å². The molecule has 0 aliphatic carbocycles. The predicted octanol–water partition coefficient (Wildman–Crippen LogP) is 0.934. The number of amides is 1. The minimum atomic E-state index is -0.0508. The maximum atomic E-state index is 11.9. The Morgan fingerprint density at radius 1 is 1.39 bits per heavy atom. The quantitative estimate of drug-likeness (QED) is 0.873. The number of imidazole rings is 1. The maximum Gasteiger partial charge on any atom is 0.252 e. The third kappa shape index (κ3) is 2.87. The summed E-state index contributed by atoms with van der Waals surface area (Å²) in [4.78, 5) is 18.3. The Balaban J connectivity index is 2.08. The van der Waals surface area contributed by atoms with Crippen LogP contribution in [0.3, 0.4) is 0 Å². The molecule has 2 heterocycles. The van der Waals surface area contributed by atoms with E-state index in [4.69, 9.17) is 0 Å². The van der Waals surface area contributed by atoms with Gasteiger partial charge in [0.15, 0.2) is 0 Å². The summed E-state index contributed by atoms with van der Waals surface area (Å²) in [5.74, 6) is -0.0508. The van der Waals surface area contributed by atoms with Gasteiger partial charge in [-0.1, -0.05) is 0 Å². The molecular weight excluding hydrogens is 228 g/mol. The second-order valence-electron chi connectivity index (χ2n) is 4.62. The third-order valence-electron chi connectivity index (χ3n) is 2.68. The zero-order valence-electron chi connectivity index (χ0n) is 11.0. The molecule has 1 N–H and O–H groups in total. The zero-order valence-corrected chi connectivity index (χ0v) is 11.0. The van der Waals surface area contributed by atoms with E-state index in [9.17, 15) is 4.79 Å². The molecule has 96 valence electrons. The molecule has 1 amide bonds. The molecule has 0 bridgehead atoms. The van der Waals surface area contributed by atoms with Crippen molar-refractivity contribution in [2.24, 2.45) is 0 Å². The number of pyridine rings is 1. The van der Waals surface area contributed by atoms with Crippen LogP contribution in [-0.2, 0) is 0 Å². The van der Waals surface area contributed by atoms with E-state index in [1.807, 2.05) is 42.6 Å². The number of fused-ring (bicyclic) bond motifs is 1. The summed E-state index contributed by atoms with van der Waals surface area (Å²) in [5, 5.41) is 2.89. The van der Waals surface area contributed by atoms with Gasteiger partial charge in [-0.3, -0.25) is 4.79 Å². The number of nitrogens with zero attached hydrogens (tertiary/aromatic N) is 3. The van der Waals surface area contributed by atoms with Crippen LogP contribution in [0.15, 0.2) is 24.5 Å². The van der Waals surface area contributed by atoms with Crippen molar-refractivity contribution in [1.82, 2.24) is 19.6 Å². The van der Waals surface area contributed by atoms with Crippen LogP contribution in [0, 0.1) is 6.92 Å². The number of hydrogen-bond acceptors (Lipinski definition) is 3. The van der Waals surface area contributed by atoms with Crippen molar-refractivity contribution in [3.63, 3.8) is 0 Å². The van der Waals surface area contributed by atoms with Gasteiger partial charge in [0.25, 0.3) is 5.91 Å². The molecule has 18 heavy (non-hydrogen) atoms. The first-order valence-electron chi connectivity index (χ1n) is 5.94. The summed E-state index contributed by atoms with van der Waals surface area (Å²) in [6, 6.07) is 3.65. The standard InChI is InChI=1S/C13H18N4O/c1-10-8-17-9-11(4-5-12(17)15-10)13(18)14-6-7-16(2)3/h4-5,8-9H,6-7H2,1-3H3,(H,14,18). The highest BCUT2D eigenvalue weighted by Gasteiger charge is 2.06. The van der Waals surface area contributed by atoms with Crippen LogP contribution in [0.5, 0.6) is 0 Å². The Kier molecular flexibility index (Phi) is 3.62. The lowest BCUT2D eigenvalue weighted by Crippen LogP contribution is -2.31. The van der Waals surface area contributed by atoms with Crippen LogP contribution in [-0.4, -0.2) is 47.4 Å². The monoisotopic (exact) mass is 246 g/mol. The number of nitrogens with one attached hydrogen (secondary N) is 1. The molecule has 0 saturated carbocycles. The molecule has 0 fully saturated rings. The average Bonchev–Trinajstić information content (AvgIpc) is 2.67. The number of aryl methyl sites for hydroxylation is 1. The van der Waals surface area contributed by atoms with Gasteiger partial charge in [-0.25, -0.2) is 4.98 Å². The van der Waals surface area contributed by atoms with Gasteiger partial charge in [0, 0.05) is 25.5 Å². The summed E-state index contributed by atoms with van der Waals surface area (Å²) in [5.41, 5.74) is 2.45. The number of likely N-dealkylation sites (N-methyl/N-ethyl adjacent to an activating group) is 1. The molecule has 0 atom stereocenters. The Morgan fingerprint density at radius 2 is 2.17 bits per heavy atom. The van der Waals surface area contributed by atoms with Gasteiger partial charge in [0.05, 0.1) is 11.3 Å². The van der Waals surface area contributed by atoms with Gasteiger partial charge in [-0.15, -0.1) is 0 Å². The van der Waals surface area contributed by atoms with Crippen molar-refractivity contribution in [1.29, 1.82) is 0 Å². The molecule has 0 unspecified atom stereocenters. The van der Waals surface area contributed by atoms with E-state index in [2.05, 4.69) is 10.3 Å². The lowest BCUT2D eigenvalue weighted by molar-refractivity contribution is 0.0950. The average molecular weight is 246 g/mol. The fourth-order valence-corrected chi connectivity index (χ4v) is 1.75. The van der Waals surface area contributed by atoms with Crippen molar-refractivity contribution in [2.45, 2.75) is 6.92 Å². The minimum absolute atomic E-state index is 0.0508. The number of aromatic nitrogens is 2. The molecule has 2 aromatic rings. The summed E-state index contributed by atoms with van der Waals surface area (Å²) in [6.45, 7) is 3.41. The van der Waals surface area contributed by atoms with Crippen molar-refractivity contribution in [2.75, 3.05) is 27.2 Å². The van der Waals surface area contributed by atoms with Crippen molar-refractivity contribution in [3.05, 3.63) is 35.8 Å². The molecule has 2 aromatic heterocycles. The largest absolute Gasteiger partial charge is 0.351 e. The first-order chi connectivity index (χ1) is 8.56. The van der Waals surface area contributed by atoms with Gasteiger partial charge >= 0.3 is 0 Å². The second kappa shape index (κ2) is 5.18. The fraction of sp³-hybridized carbons (Fsp3) is 0.385. The van der Waals surface area contributed by atoms with Crippen LogP contribution < -0.4 is 5.32 Å². The van der Waals surface area contributed by atoms with Crippen LogP contribution in [0.4, 0.5) is 0 Å². The van der Waals surface area contributed by atoms with Gasteiger partial charge < -0.3 is 14.6 Å². The molecule has 0 aromatic carbocycles. The fourth-order valence-electron chi connectivity index (χ4n) is 1.75. The molecule has 0 radical (unpaired) electrons. The zero-order chi connectivity index (χ0) is 13.1. The van der Waals surface area contributed by atoms with Crippen LogP contribution >= 0.6 is 0 Å². The summed E-state index contributed by atoms with van der Waals surface area (Å²) in [6.07, 6.45) is 3.71. The first kappa shape index (κ1) is 12.6. The molecule has 0 aliphatic heterocycles. The molecule has 5 heteroatoms. The Morgan fingerprint density at radius 3 is 2.89 bits per heavy atom. The third-order valence-corrected chi connectivity index (χ3v) is 2.68. The molecule has 2 rings (SSSR count).